The van der Waals surface area contributed by atoms with Crippen LogP contribution in [0.15, 0.2) is 36.9 Å². The highest BCUT2D eigenvalue weighted by molar-refractivity contribution is 5.74. The van der Waals surface area contributed by atoms with E-state index >= 15 is 0 Å². The van der Waals surface area contributed by atoms with Gasteiger partial charge in [0, 0.05) is 13.1 Å². The summed E-state index contributed by atoms with van der Waals surface area (Å²) in [6, 6.07) is 8.00. The predicted octanol–water partition coefficient (Wildman–Crippen LogP) is 2.77. The van der Waals surface area contributed by atoms with Gasteiger partial charge in [-0.1, -0.05) is 19.1 Å². The number of urea groups is 1. The van der Waals surface area contributed by atoms with Crippen LogP contribution in [0.25, 0.3) is 5.69 Å². The molecule has 6 heteroatoms. The lowest BCUT2D eigenvalue weighted by atomic mass is 9.99. The third-order valence-electron chi connectivity index (χ3n) is 4.49. The van der Waals surface area contributed by atoms with E-state index in [-0.39, 0.29) is 12.1 Å². The summed E-state index contributed by atoms with van der Waals surface area (Å²) in [6.07, 6.45) is 5.36. The second kappa shape index (κ2) is 6.81. The van der Waals surface area contributed by atoms with Crippen LogP contribution < -0.4 is 5.32 Å². The Hall–Kier alpha value is -2.37. The normalized spacial score (nSPS) is 17.0. The van der Waals surface area contributed by atoms with Crippen LogP contribution in [-0.2, 0) is 0 Å². The Morgan fingerprint density at radius 3 is 2.57 bits per heavy atom. The Morgan fingerprint density at radius 2 is 1.96 bits per heavy atom. The van der Waals surface area contributed by atoms with E-state index in [4.69, 9.17) is 0 Å². The van der Waals surface area contributed by atoms with E-state index < -0.39 is 0 Å². The summed E-state index contributed by atoms with van der Waals surface area (Å²) in [5.41, 5.74) is 2.03. The van der Waals surface area contributed by atoms with E-state index in [1.165, 1.54) is 6.33 Å². The topological polar surface area (TPSA) is 63.1 Å². The smallest absolute Gasteiger partial charge is 0.317 e. The number of aromatic nitrogens is 3. The van der Waals surface area contributed by atoms with Crippen molar-refractivity contribution in [3.05, 3.63) is 42.5 Å². The Kier molecular flexibility index (Phi) is 4.60. The van der Waals surface area contributed by atoms with Crippen molar-refractivity contribution in [2.24, 2.45) is 5.92 Å². The molecule has 1 saturated heterocycles. The van der Waals surface area contributed by atoms with Crippen molar-refractivity contribution in [2.45, 2.75) is 32.7 Å². The average Bonchev–Trinajstić information content (AvgIpc) is 3.10. The Bertz CT molecular complexity index is 630. The summed E-state index contributed by atoms with van der Waals surface area (Å²) in [4.78, 5) is 18.2. The summed E-state index contributed by atoms with van der Waals surface area (Å²) in [7, 11) is 0. The molecule has 2 heterocycles. The second-order valence-electron chi connectivity index (χ2n) is 6.27. The number of piperidine rings is 1. The standard InChI is InChI=1S/C17H23N5O/c1-13-7-9-21(10-8-13)17(23)20-14(2)15-3-5-16(6-4-15)22-12-18-11-19-22/h3-6,11-14H,7-10H2,1-2H3,(H,20,23). The first kappa shape index (κ1) is 15.5. The minimum Gasteiger partial charge on any atom is -0.331 e. The van der Waals surface area contributed by atoms with Gasteiger partial charge in [-0.3, -0.25) is 0 Å². The quantitative estimate of drug-likeness (QED) is 0.947. The van der Waals surface area contributed by atoms with Gasteiger partial charge in [0.05, 0.1) is 11.7 Å². The number of rotatable bonds is 3. The SMILES string of the molecule is CC1CCN(C(=O)NC(C)c2ccc(-n3cncn3)cc2)CC1. The van der Waals surface area contributed by atoms with Crippen molar-refractivity contribution in [3.8, 4) is 5.69 Å². The van der Waals surface area contributed by atoms with Gasteiger partial charge < -0.3 is 10.2 Å². The fourth-order valence-corrected chi connectivity index (χ4v) is 2.83. The number of amides is 2. The Morgan fingerprint density at radius 1 is 1.26 bits per heavy atom. The maximum Gasteiger partial charge on any atom is 0.317 e. The van der Waals surface area contributed by atoms with Gasteiger partial charge in [0.25, 0.3) is 0 Å². The van der Waals surface area contributed by atoms with Crippen LogP contribution in [0.2, 0.25) is 0 Å². The number of nitrogens with one attached hydrogen (secondary N) is 1. The third-order valence-corrected chi connectivity index (χ3v) is 4.49. The van der Waals surface area contributed by atoms with Crippen LogP contribution in [0.4, 0.5) is 4.79 Å². The van der Waals surface area contributed by atoms with Crippen LogP contribution in [-0.4, -0.2) is 38.8 Å². The first-order chi connectivity index (χ1) is 11.1. The van der Waals surface area contributed by atoms with Crippen molar-refractivity contribution < 1.29 is 4.79 Å². The molecule has 0 aliphatic carbocycles. The van der Waals surface area contributed by atoms with Crippen molar-refractivity contribution >= 4 is 6.03 Å². The first-order valence-corrected chi connectivity index (χ1v) is 8.14. The second-order valence-corrected chi connectivity index (χ2v) is 6.27. The highest BCUT2D eigenvalue weighted by Gasteiger charge is 2.21. The highest BCUT2D eigenvalue weighted by atomic mass is 16.2. The van der Waals surface area contributed by atoms with Crippen LogP contribution in [0.3, 0.4) is 0 Å². The molecule has 1 aliphatic rings. The van der Waals surface area contributed by atoms with Crippen molar-refractivity contribution in [1.82, 2.24) is 25.0 Å². The van der Waals surface area contributed by atoms with E-state index in [2.05, 4.69) is 22.3 Å². The molecule has 3 rings (SSSR count). The highest BCUT2D eigenvalue weighted by Crippen LogP contribution is 2.18. The number of nitrogens with zero attached hydrogens (tertiary/aromatic N) is 4. The fourth-order valence-electron chi connectivity index (χ4n) is 2.83. The molecule has 1 atom stereocenters. The summed E-state index contributed by atoms with van der Waals surface area (Å²) in [5, 5.41) is 7.19. The zero-order valence-corrected chi connectivity index (χ0v) is 13.6. The van der Waals surface area contributed by atoms with Crippen molar-refractivity contribution in [3.63, 3.8) is 0 Å². The molecule has 0 bridgehead atoms. The van der Waals surface area contributed by atoms with Crippen LogP contribution >= 0.6 is 0 Å². The van der Waals surface area contributed by atoms with Gasteiger partial charge in [-0.05, 0) is 43.4 Å². The molecule has 6 nitrogen and oxygen atoms in total. The van der Waals surface area contributed by atoms with Gasteiger partial charge in [0.1, 0.15) is 12.7 Å². The van der Waals surface area contributed by atoms with Gasteiger partial charge in [0.15, 0.2) is 0 Å². The van der Waals surface area contributed by atoms with Gasteiger partial charge in [-0.15, -0.1) is 0 Å². The van der Waals surface area contributed by atoms with Crippen molar-refractivity contribution in [1.29, 1.82) is 0 Å². The molecule has 1 aromatic heterocycles. The van der Waals surface area contributed by atoms with Gasteiger partial charge in [-0.25, -0.2) is 14.5 Å². The van der Waals surface area contributed by atoms with E-state index in [1.54, 1.807) is 11.0 Å². The molecule has 1 aromatic carbocycles. The molecule has 0 spiro atoms. The summed E-state index contributed by atoms with van der Waals surface area (Å²) < 4.78 is 1.71. The number of likely N-dealkylation sites (tertiary alicyclic amines) is 1. The predicted molar refractivity (Wildman–Crippen MR) is 88.3 cm³/mol. The molecule has 2 amide bonds. The molecule has 1 unspecified atom stereocenters. The minimum absolute atomic E-state index is 0.0216. The lowest BCUT2D eigenvalue weighted by molar-refractivity contribution is 0.171. The zero-order valence-electron chi connectivity index (χ0n) is 13.6. The Balaban J connectivity index is 1.59. The van der Waals surface area contributed by atoms with Gasteiger partial charge in [0.2, 0.25) is 0 Å². The molecule has 1 fully saturated rings. The summed E-state index contributed by atoms with van der Waals surface area (Å²) in [5.74, 6) is 0.723. The molecule has 0 saturated carbocycles. The molecular weight excluding hydrogens is 290 g/mol. The number of carbonyl (C=O) groups is 1. The maximum atomic E-state index is 12.3. The van der Waals surface area contributed by atoms with E-state index in [9.17, 15) is 4.79 Å². The first-order valence-electron chi connectivity index (χ1n) is 8.14. The van der Waals surface area contributed by atoms with Gasteiger partial charge in [-0.2, -0.15) is 5.10 Å². The van der Waals surface area contributed by atoms with E-state index in [1.807, 2.05) is 36.1 Å². The molecule has 122 valence electrons. The number of hydrogen-bond donors (Lipinski definition) is 1. The molecule has 0 radical (unpaired) electrons. The van der Waals surface area contributed by atoms with Crippen LogP contribution in [0.5, 0.6) is 0 Å². The third kappa shape index (κ3) is 3.70. The average molecular weight is 313 g/mol. The fraction of sp³-hybridized carbons (Fsp3) is 0.471. The minimum atomic E-state index is -0.0216. The molecule has 2 aromatic rings. The summed E-state index contributed by atoms with van der Waals surface area (Å²) >= 11 is 0. The Labute approximate surface area is 136 Å². The number of carbonyl (C=O) groups excluding carboxylic acids is 1. The maximum absolute atomic E-state index is 12.3. The molecule has 1 aliphatic heterocycles. The van der Waals surface area contributed by atoms with E-state index in [0.29, 0.717) is 0 Å². The number of benzene rings is 1. The van der Waals surface area contributed by atoms with Crippen LogP contribution in [0, 0.1) is 5.92 Å². The number of hydrogen-bond acceptors (Lipinski definition) is 3. The molecule has 1 N–H and O–H groups in total. The molecule has 23 heavy (non-hydrogen) atoms. The van der Waals surface area contributed by atoms with E-state index in [0.717, 1.165) is 43.1 Å². The monoisotopic (exact) mass is 313 g/mol. The largest absolute Gasteiger partial charge is 0.331 e. The molecular formula is C17H23N5O. The van der Waals surface area contributed by atoms with Crippen LogP contribution in [0.1, 0.15) is 38.3 Å². The lowest BCUT2D eigenvalue weighted by Gasteiger charge is -2.31. The zero-order chi connectivity index (χ0) is 16.2. The lowest BCUT2D eigenvalue weighted by Crippen LogP contribution is -2.44. The van der Waals surface area contributed by atoms with Crippen molar-refractivity contribution in [2.75, 3.05) is 13.1 Å². The van der Waals surface area contributed by atoms with Gasteiger partial charge >= 0.3 is 6.03 Å². The summed E-state index contributed by atoms with van der Waals surface area (Å²) in [6.45, 7) is 5.96.